The van der Waals surface area contributed by atoms with E-state index >= 15 is 0 Å². The van der Waals surface area contributed by atoms with E-state index < -0.39 is 86.5 Å². The molecule has 4 aromatic heterocycles. The molecule has 0 bridgehead atoms. The van der Waals surface area contributed by atoms with E-state index in [1.807, 2.05) is 0 Å². The number of imidazole rings is 1. The summed E-state index contributed by atoms with van der Waals surface area (Å²) < 4.78 is 64.2. The smallest absolute Gasteiger partial charge is 0.386 e. The molecule has 6 rings (SSSR count). The molecule has 0 spiro atoms. The van der Waals surface area contributed by atoms with Gasteiger partial charge in [0.05, 0.1) is 25.9 Å². The summed E-state index contributed by atoms with van der Waals surface area (Å²) in [4.78, 5) is 41.6. The van der Waals surface area contributed by atoms with Crippen molar-refractivity contribution >= 4 is 65.6 Å². The van der Waals surface area contributed by atoms with Gasteiger partial charge in [-0.05, 0) is 11.8 Å². The molecule has 9 atom stereocenters. The van der Waals surface area contributed by atoms with Crippen molar-refractivity contribution in [1.82, 2.24) is 34.1 Å². The van der Waals surface area contributed by atoms with Crippen molar-refractivity contribution in [1.29, 1.82) is 0 Å². The van der Waals surface area contributed by atoms with E-state index in [0.29, 0.717) is 0 Å². The zero-order valence-electron chi connectivity index (χ0n) is 22.8. The van der Waals surface area contributed by atoms with Crippen LogP contribution in [0.2, 0.25) is 0 Å². The number of nitrogens with zero attached hydrogens (tertiary/aromatic N) is 6. The van der Waals surface area contributed by atoms with Gasteiger partial charge in [0.25, 0.3) is 5.56 Å². The van der Waals surface area contributed by atoms with E-state index in [9.17, 15) is 28.9 Å². The van der Waals surface area contributed by atoms with Gasteiger partial charge in [0.1, 0.15) is 47.8 Å². The maximum atomic E-state index is 14.9. The third-order valence-electron chi connectivity index (χ3n) is 7.09. The van der Waals surface area contributed by atoms with Gasteiger partial charge in [0, 0.05) is 13.3 Å². The van der Waals surface area contributed by atoms with E-state index in [4.69, 9.17) is 45.1 Å². The topological polar surface area (TPSA) is 253 Å². The van der Waals surface area contributed by atoms with Gasteiger partial charge in [0.15, 0.2) is 35.4 Å². The van der Waals surface area contributed by atoms with Crippen LogP contribution in [-0.2, 0) is 43.9 Å². The summed E-state index contributed by atoms with van der Waals surface area (Å²) in [6, 6.07) is 0. The first kappa shape index (κ1) is 32.5. The number of methoxy groups -OCH3 is 1. The summed E-state index contributed by atoms with van der Waals surface area (Å²) in [5.41, 5.74) is 5.17. The molecule has 6 heterocycles. The Balaban J connectivity index is 1.37. The van der Waals surface area contributed by atoms with E-state index in [2.05, 4.69) is 37.2 Å². The van der Waals surface area contributed by atoms with Gasteiger partial charge in [-0.1, -0.05) is 12.2 Å². The molecule has 2 aliphatic heterocycles. The van der Waals surface area contributed by atoms with Gasteiger partial charge in [-0.3, -0.25) is 27.5 Å². The summed E-state index contributed by atoms with van der Waals surface area (Å²) in [5.74, 6) is -0.959. The molecule has 6 N–H and O–H groups in total. The molecule has 24 heteroatoms. The number of aliphatic hydroxyl groups is 2. The average molecular weight is 711 g/mol. The molecule has 2 unspecified atom stereocenters. The van der Waals surface area contributed by atoms with Gasteiger partial charge in [-0.2, -0.15) is 0 Å². The summed E-state index contributed by atoms with van der Waals surface area (Å²) in [7, 11) is 1.17. The van der Waals surface area contributed by atoms with Crippen molar-refractivity contribution in [3.8, 4) is 0 Å². The zero-order chi connectivity index (χ0) is 32.3. The highest BCUT2D eigenvalue weighted by molar-refractivity contribution is 8.44. The monoisotopic (exact) mass is 710 g/mol. The summed E-state index contributed by atoms with van der Waals surface area (Å²) in [5, 5.41) is 22.1. The molecule has 4 aromatic rings. The Hall–Kier alpha value is -2.43. The van der Waals surface area contributed by atoms with Crippen LogP contribution < -0.4 is 11.3 Å². The van der Waals surface area contributed by atoms with Crippen molar-refractivity contribution in [3.05, 3.63) is 41.3 Å². The molecule has 0 aromatic carbocycles. The minimum atomic E-state index is -4.53. The third-order valence-corrected chi connectivity index (χ3v) is 10.2. The van der Waals surface area contributed by atoms with E-state index in [1.165, 1.54) is 24.3 Å². The van der Waals surface area contributed by atoms with Crippen LogP contribution in [0.1, 0.15) is 12.5 Å². The number of nitrogens with one attached hydrogen (secondary N) is 1. The molecular weight excluding hydrogens is 685 g/mol. The number of nitrogen functional groups attached to an aromatic ring is 1. The molecular formula is C21H25FN8O11P2S2. The Labute approximate surface area is 261 Å². The van der Waals surface area contributed by atoms with Gasteiger partial charge in [0.2, 0.25) is 0 Å². The zero-order valence-corrected chi connectivity index (χ0v) is 26.3. The molecule has 2 fully saturated rings. The number of fused-ring (bicyclic) bond motifs is 3. The van der Waals surface area contributed by atoms with Gasteiger partial charge in [-0.25, -0.2) is 28.9 Å². The first-order chi connectivity index (χ1) is 21.3. The average Bonchev–Trinajstić information content (AvgIpc) is 3.65. The predicted octanol–water partition coefficient (Wildman–Crippen LogP) is 0.122. The lowest BCUT2D eigenvalue weighted by Crippen LogP contribution is -2.40. The van der Waals surface area contributed by atoms with E-state index in [1.54, 1.807) is 0 Å². The van der Waals surface area contributed by atoms with Crippen LogP contribution >= 0.6 is 25.8 Å². The number of nitrogens with two attached hydrogens (primary N) is 1. The molecule has 19 nitrogen and oxygen atoms in total. The number of aliphatic hydroxyl groups excluding tert-OH is 2. The lowest BCUT2D eigenvalue weighted by Gasteiger charge is -2.31. The standard InChI is InChI=1S/C21H25FN8O11P2S2/c1-36-9-3-37-42(34,44)40-15-10(39-20(14(15)32)30-7-28-12-16(23)24-5-26-18(12)30)4-38-43(35,45)41-21(13(9)31)29-2-8(22)11-17(29)25-6-27-19(11)33/h2,5-7,9-10,13-15,20-21,31-32H,3-4H2,1H3,(H,34,44)(H,35,45)(H2,23,24,26)(H,25,27,33)/t9-,10-,13-,14-,15-,20-,21-,42?,43?/m1/s1. The van der Waals surface area contributed by atoms with Crippen molar-refractivity contribution in [2.24, 2.45) is 0 Å². The van der Waals surface area contributed by atoms with E-state index in [0.717, 1.165) is 17.1 Å². The quantitative estimate of drug-likeness (QED) is 0.122. The first-order valence-corrected chi connectivity index (χ1v) is 18.1. The van der Waals surface area contributed by atoms with Crippen molar-refractivity contribution in [2.45, 2.75) is 43.0 Å². The first-order valence-electron chi connectivity index (χ1n) is 12.8. The number of thiol groups is 1. The molecule has 2 aliphatic rings. The number of hydrogen-bond acceptors (Lipinski definition) is 16. The molecule has 0 amide bonds. The Morgan fingerprint density at radius 1 is 1.13 bits per heavy atom. The van der Waals surface area contributed by atoms with Crippen molar-refractivity contribution in [2.75, 3.05) is 26.1 Å². The summed E-state index contributed by atoms with van der Waals surface area (Å²) in [6.07, 6.45) is -6.38. The molecule has 0 radical (unpaired) electrons. The fourth-order valence-corrected chi connectivity index (χ4v) is 7.80. The maximum absolute atomic E-state index is 14.9. The SMILES string of the molecule is CO[C@@H]1COP(O)(=S)O[C@H]2[C@@H](O)[C@H](n3cnc4c(N)ncnc43)O[C@@H]2COP(=O)(S)O[C@@H](n2cc(F)c3c(=O)[nH]cnc32)[C@@H]1O. The number of hydrogen-bond donors (Lipinski definition) is 6. The van der Waals surface area contributed by atoms with Crippen molar-refractivity contribution in [3.63, 3.8) is 0 Å². The minimum absolute atomic E-state index is 0.0698. The lowest BCUT2D eigenvalue weighted by atomic mass is 10.1. The Bertz CT molecular complexity index is 1900. The second kappa shape index (κ2) is 12.3. The largest absolute Gasteiger partial charge is 0.388 e. The second-order valence-electron chi connectivity index (χ2n) is 9.81. The van der Waals surface area contributed by atoms with E-state index in [-0.39, 0.29) is 22.6 Å². The fraction of sp³-hybridized carbons (Fsp3) is 0.476. The number of rotatable bonds is 3. The highest BCUT2D eigenvalue weighted by Gasteiger charge is 2.50. The maximum Gasteiger partial charge on any atom is 0.388 e. The van der Waals surface area contributed by atoms with Gasteiger partial charge >= 0.3 is 13.5 Å². The normalized spacial score (nSPS) is 35.1. The fourth-order valence-electron chi connectivity index (χ4n) is 4.97. The third kappa shape index (κ3) is 6.19. The van der Waals surface area contributed by atoms with Crippen LogP contribution in [0, 0.1) is 5.82 Å². The van der Waals surface area contributed by atoms with Gasteiger partial charge < -0.3 is 39.8 Å². The van der Waals surface area contributed by atoms with Crippen LogP contribution in [0.3, 0.4) is 0 Å². The van der Waals surface area contributed by atoms with Crippen LogP contribution in [0.25, 0.3) is 22.2 Å². The predicted molar refractivity (Wildman–Crippen MR) is 157 cm³/mol. The Kier molecular flexibility index (Phi) is 8.89. The number of anilines is 1. The highest BCUT2D eigenvalue weighted by atomic mass is 32.7. The van der Waals surface area contributed by atoms with Crippen molar-refractivity contribution < 1.29 is 51.6 Å². The Morgan fingerprint density at radius 2 is 1.91 bits per heavy atom. The Morgan fingerprint density at radius 3 is 2.67 bits per heavy atom. The minimum Gasteiger partial charge on any atom is -0.386 e. The summed E-state index contributed by atoms with van der Waals surface area (Å²) in [6.45, 7) is -10.1. The number of halogens is 1. The van der Waals surface area contributed by atoms with Crippen LogP contribution in [0.15, 0.2) is 30.0 Å². The molecule has 0 saturated carbocycles. The lowest BCUT2D eigenvalue weighted by molar-refractivity contribution is -0.107. The summed E-state index contributed by atoms with van der Waals surface area (Å²) >= 11 is 9.20. The number of aromatic amines is 1. The van der Waals surface area contributed by atoms with Crippen LogP contribution in [0.5, 0.6) is 0 Å². The molecule has 0 aliphatic carbocycles. The highest BCUT2D eigenvalue weighted by Crippen LogP contribution is 2.58. The van der Waals surface area contributed by atoms with Crippen LogP contribution in [0.4, 0.5) is 10.2 Å². The number of aromatic nitrogens is 7. The molecule has 45 heavy (non-hydrogen) atoms. The number of ether oxygens (including phenoxy) is 2. The molecule has 244 valence electrons. The van der Waals surface area contributed by atoms with Gasteiger partial charge in [-0.15, -0.1) is 0 Å². The molecule has 2 saturated heterocycles. The number of H-pyrrole nitrogens is 1. The van der Waals surface area contributed by atoms with Crippen LogP contribution in [-0.4, -0.2) is 100 Å². The second-order valence-corrected chi connectivity index (χ2v) is 15.5.